The average molecular weight is 1720 g/mol. The maximum Gasteiger partial charge on any atom is 0.471 e. The number of carboxylic acid groups (broad SMARTS) is 1. The van der Waals surface area contributed by atoms with Crippen molar-refractivity contribution in [3.05, 3.63) is 48.5 Å². The number of methoxy groups -OCH3 is 4. The Balaban J connectivity index is 0.000000716. The van der Waals surface area contributed by atoms with Crippen molar-refractivity contribution in [1.82, 2.24) is 38.8 Å². The summed E-state index contributed by atoms with van der Waals surface area (Å²) in [7, 11) is 7.31. The highest BCUT2D eigenvalue weighted by atomic mass is 32.2. The predicted octanol–water partition coefficient (Wildman–Crippen LogP) is 8.28. The number of amides is 8. The van der Waals surface area contributed by atoms with Crippen LogP contribution in [0, 0.1) is 53.3 Å². The van der Waals surface area contributed by atoms with Crippen molar-refractivity contribution < 1.29 is 115 Å². The number of anilines is 2. The van der Waals surface area contributed by atoms with Gasteiger partial charge in [-0.3, -0.25) is 57.7 Å². The van der Waals surface area contributed by atoms with Gasteiger partial charge in [0.05, 0.1) is 95.1 Å². The van der Waals surface area contributed by atoms with Crippen LogP contribution < -0.4 is 25.8 Å². The van der Waals surface area contributed by atoms with Crippen molar-refractivity contribution in [2.75, 3.05) is 94.4 Å². The molecule has 4 rings (SSSR count). The fraction of sp³-hybridized carbons (Fsp3) is 0.722. The summed E-state index contributed by atoms with van der Waals surface area (Å²) in [6.45, 7) is 26.8. The van der Waals surface area contributed by atoms with Crippen LogP contribution >= 0.6 is 0 Å². The van der Waals surface area contributed by atoms with E-state index in [2.05, 4.69) is 0 Å². The number of nitrogens with zero attached hydrogens (tertiary/aromatic N) is 6. The summed E-state index contributed by atoms with van der Waals surface area (Å²) in [4.78, 5) is 138. The molecule has 38 heteroatoms. The van der Waals surface area contributed by atoms with Crippen LogP contribution in [0.5, 0.6) is 0 Å². The first-order valence-corrected chi connectivity index (χ1v) is 42.2. The van der Waals surface area contributed by atoms with Crippen LogP contribution in [-0.4, -0.2) is 273 Å². The number of likely N-dealkylation sites (N-methyl/N-ethyl adjacent to an activating group) is 4. The molecule has 7 N–H and O–H groups in total. The molecule has 2 heterocycles. The minimum atomic E-state index is -5.14. The number of nitrogens with one attached hydrogen (secondary N) is 4. The Morgan fingerprint density at radius 1 is 0.504 bits per heavy atom. The zero-order chi connectivity index (χ0) is 90.2. The number of halogens is 6. The number of alkyl halides is 6. The maximum absolute atomic E-state index is 14.3. The van der Waals surface area contributed by atoms with E-state index in [0.29, 0.717) is 51.6 Å². The molecule has 0 bridgehead atoms. The quantitative estimate of drug-likeness (QED) is 0.0342. The molecular formula is C79H129F6N11O19S2. The third kappa shape index (κ3) is 30.0. The summed E-state index contributed by atoms with van der Waals surface area (Å²) in [6, 6.07) is 3.98. The van der Waals surface area contributed by atoms with Crippen molar-refractivity contribution in [1.29, 1.82) is 0 Å². The fourth-order valence-corrected chi connectivity index (χ4v) is 17.2. The first-order chi connectivity index (χ1) is 54.0. The van der Waals surface area contributed by atoms with Gasteiger partial charge in [0.15, 0.2) is 5.78 Å². The van der Waals surface area contributed by atoms with E-state index < -0.39 is 144 Å². The SMILES string of the molecule is CC(C)[C@@H](C(=O)O)N(C)C.CC[C@H](C)[C@@H]([C@@H](CC(=O)N1CCC[C@H]1[C@H](OC)[C@@H](C)C(=O)NS(=O)(=O)c1ccc(NC(=O)C(F)(F)F)cc1)OC)N(C)C(=O)[C@@H](CC(=O)[C@H](C(C)C)N(C)C)C(C)C.CC[C@H](C)[C@@H]([C@@H](CC(=O)N1CCC[C@H]1[C@H](OC)[C@@H](C)C(=O)NS(=O)(=O)c1ccc(NC(=O)C(F)(F)F)cc1)OC)N(C)C(=O)[C@@H](N)C(C)C. The van der Waals surface area contributed by atoms with Gasteiger partial charge >= 0.3 is 30.1 Å². The van der Waals surface area contributed by atoms with Crippen molar-refractivity contribution >= 4 is 90.4 Å². The number of hydrogen-bond acceptors (Lipinski definition) is 21. The van der Waals surface area contributed by atoms with E-state index in [1.54, 1.807) is 63.3 Å². The second kappa shape index (κ2) is 46.9. The van der Waals surface area contributed by atoms with Gasteiger partial charge in [0.2, 0.25) is 35.4 Å². The summed E-state index contributed by atoms with van der Waals surface area (Å²) >= 11 is 0. The van der Waals surface area contributed by atoms with Crippen LogP contribution in [0.1, 0.15) is 155 Å². The standard InChI is InChI=1S/C40H64F3N5O9S.C32H50F3N5O8S.C7H15NO2/c1-13-25(6)35(47(10)38(52)29(23(2)3)21-31(49)34(24(4)5)46(8)9)32(56-11)22-33(50)48-20-14-15-30(48)36(57-12)26(7)37(51)45-58(54,55)28-18-16-27(17-19-28)44-39(53)40(41,42)43;1-9-19(4)27(39(6)30(43)26(36)18(2)3)24(47-7)17-25(41)40-16-10-11-23(40)28(48-8)20(5)29(42)38-49(45,46)22-14-12-21(13-15-22)37-31(44)32(33,34)35;1-5(2)6(7(9)10)8(3)4/h16-19,23-26,29-30,32,34-36H,13-15,20-22H2,1-12H3,(H,44,53)(H,45,51);12-15,18-20,23-24,26-28H,9-11,16-17,36H2,1-8H3,(H,37,44)(H,38,42);5-6H,1-4H3,(H,9,10)/t25-,26+,29-,30-,32+,34-,35-,36+;19-,20+,23-,24+,26-,27-,28+;6-/m000/s1. The second-order valence-electron chi connectivity index (χ2n) is 32.0. The van der Waals surface area contributed by atoms with Crippen LogP contribution in [0.2, 0.25) is 0 Å². The van der Waals surface area contributed by atoms with Gasteiger partial charge in [0, 0.05) is 79.3 Å². The molecule has 2 saturated heterocycles. The summed E-state index contributed by atoms with van der Waals surface area (Å²) in [6.07, 6.45) is -10.1. The second-order valence-corrected chi connectivity index (χ2v) is 35.4. The average Bonchev–Trinajstić information content (AvgIpc) is 1.79. The third-order valence-corrected chi connectivity index (χ3v) is 24.6. The highest BCUT2D eigenvalue weighted by Crippen LogP contribution is 2.34. The minimum absolute atomic E-state index is 0.0134. The number of rotatable bonds is 40. The largest absolute Gasteiger partial charge is 0.480 e. The Morgan fingerprint density at radius 3 is 1.09 bits per heavy atom. The number of ether oxygens (including phenoxy) is 4. The van der Waals surface area contributed by atoms with Crippen molar-refractivity contribution in [3.8, 4) is 0 Å². The summed E-state index contributed by atoms with van der Waals surface area (Å²) < 4.78 is 155. The van der Waals surface area contributed by atoms with E-state index in [1.165, 1.54) is 42.3 Å². The van der Waals surface area contributed by atoms with E-state index in [-0.39, 0.29) is 108 Å². The summed E-state index contributed by atoms with van der Waals surface area (Å²) in [5.74, 6) is -11.0. The number of benzene rings is 2. The van der Waals surface area contributed by atoms with Gasteiger partial charge in [-0.2, -0.15) is 26.3 Å². The van der Waals surface area contributed by atoms with Crippen LogP contribution in [0.25, 0.3) is 0 Å². The lowest BCUT2D eigenvalue weighted by Gasteiger charge is -2.41. The Kier molecular flexibility index (Phi) is 42.4. The van der Waals surface area contributed by atoms with Gasteiger partial charge in [-0.1, -0.05) is 110 Å². The van der Waals surface area contributed by atoms with Crippen LogP contribution in [0.15, 0.2) is 58.3 Å². The van der Waals surface area contributed by atoms with E-state index in [1.807, 2.05) is 112 Å². The normalized spacial score (nSPS) is 18.4. The van der Waals surface area contributed by atoms with E-state index in [4.69, 9.17) is 29.8 Å². The number of carboxylic acids is 1. The molecule has 2 aliphatic rings. The van der Waals surface area contributed by atoms with Crippen LogP contribution in [0.4, 0.5) is 37.7 Å². The number of sulfonamides is 2. The lowest BCUT2D eigenvalue weighted by atomic mass is 9.83. The Hall–Kier alpha value is -7.46. The number of ketones is 1. The number of nitrogens with two attached hydrogens (primary N) is 1. The molecule has 30 nitrogen and oxygen atoms in total. The Bertz CT molecular complexity index is 3810. The molecule has 2 aromatic rings. The third-order valence-electron chi connectivity index (χ3n) is 21.9. The molecular weight excluding hydrogens is 1590 g/mol. The monoisotopic (exact) mass is 1710 g/mol. The number of carbonyl (C=O) groups is 10. The molecule has 16 atom stereocenters. The molecule has 668 valence electrons. The van der Waals surface area contributed by atoms with Crippen LogP contribution in [0.3, 0.4) is 0 Å². The number of hydrogen-bond donors (Lipinski definition) is 6. The lowest BCUT2D eigenvalue weighted by Crippen LogP contribution is -2.56. The van der Waals surface area contributed by atoms with E-state index >= 15 is 0 Å². The van der Waals surface area contributed by atoms with Gasteiger partial charge in [0.25, 0.3) is 20.0 Å². The van der Waals surface area contributed by atoms with Crippen molar-refractivity contribution in [2.45, 2.75) is 244 Å². The smallest absolute Gasteiger partial charge is 0.471 e. The predicted molar refractivity (Wildman–Crippen MR) is 428 cm³/mol. The van der Waals surface area contributed by atoms with Crippen LogP contribution in [-0.2, 0) is 86.9 Å². The maximum atomic E-state index is 14.3. The van der Waals surface area contributed by atoms with Crippen molar-refractivity contribution in [2.24, 2.45) is 59.0 Å². The molecule has 0 saturated carbocycles. The topological polar surface area (TPSA) is 390 Å². The van der Waals surface area contributed by atoms with E-state index in [0.717, 1.165) is 48.5 Å². The van der Waals surface area contributed by atoms with E-state index in [9.17, 15) is 91.1 Å². The molecule has 0 aliphatic carbocycles. The summed E-state index contributed by atoms with van der Waals surface area (Å²) in [5.41, 5.74) is 5.57. The highest BCUT2D eigenvalue weighted by Gasteiger charge is 2.47. The first-order valence-electron chi connectivity index (χ1n) is 39.2. The van der Waals surface area contributed by atoms with Gasteiger partial charge in [-0.25, -0.2) is 26.3 Å². The molecule has 0 unspecified atom stereocenters. The van der Waals surface area contributed by atoms with Crippen molar-refractivity contribution in [3.63, 3.8) is 0 Å². The number of likely N-dealkylation sites (tertiary alicyclic amines) is 2. The van der Waals surface area contributed by atoms with Gasteiger partial charge in [0.1, 0.15) is 6.04 Å². The van der Waals surface area contributed by atoms with Gasteiger partial charge in [-0.15, -0.1) is 0 Å². The molecule has 2 fully saturated rings. The zero-order valence-electron chi connectivity index (χ0n) is 72.1. The zero-order valence-corrected chi connectivity index (χ0v) is 73.7. The molecule has 2 aromatic carbocycles. The summed E-state index contributed by atoms with van der Waals surface area (Å²) in [5, 5.41) is 11.9. The first kappa shape index (κ1) is 106. The lowest BCUT2D eigenvalue weighted by molar-refractivity contribution is -0.167. The molecule has 0 radical (unpaired) electrons. The number of carbonyl (C=O) groups excluding carboxylic acids is 9. The number of aliphatic carboxylic acids is 1. The molecule has 8 amide bonds. The van der Waals surface area contributed by atoms with Gasteiger partial charge in [-0.05, 0) is 138 Å². The van der Waals surface area contributed by atoms with Gasteiger partial charge < -0.3 is 60.0 Å². The fourth-order valence-electron chi connectivity index (χ4n) is 15.1. The molecule has 0 aromatic heterocycles. The highest BCUT2D eigenvalue weighted by molar-refractivity contribution is 7.90. The molecule has 0 spiro atoms. The molecule has 117 heavy (non-hydrogen) atoms. The minimum Gasteiger partial charge on any atom is -0.480 e. The Labute approximate surface area is 686 Å². The number of Topliss-reactive ketones (excluding diaryl/α,β-unsaturated/α-hetero) is 1. The molecule has 2 aliphatic heterocycles. The Morgan fingerprint density at radius 2 is 0.838 bits per heavy atom.